The Bertz CT molecular complexity index is 479. The highest BCUT2D eigenvalue weighted by Crippen LogP contribution is 2.16. The van der Waals surface area contributed by atoms with Gasteiger partial charge in [-0.05, 0) is 30.2 Å². The van der Waals surface area contributed by atoms with E-state index in [1.807, 2.05) is 18.3 Å². The average Bonchev–Trinajstić information content (AvgIpc) is 2.42. The van der Waals surface area contributed by atoms with Gasteiger partial charge in [-0.25, -0.2) is 0 Å². The van der Waals surface area contributed by atoms with Crippen LogP contribution in [0, 0.1) is 0 Å². The van der Waals surface area contributed by atoms with E-state index in [0.29, 0.717) is 0 Å². The van der Waals surface area contributed by atoms with E-state index >= 15 is 0 Å². The molecule has 1 aromatic heterocycles. The van der Waals surface area contributed by atoms with Gasteiger partial charge in [0.15, 0.2) is 0 Å². The molecule has 0 unspecified atom stereocenters. The van der Waals surface area contributed by atoms with E-state index in [2.05, 4.69) is 54.2 Å². The highest BCUT2D eigenvalue weighted by molar-refractivity contribution is 5.46. The van der Waals surface area contributed by atoms with Gasteiger partial charge in [-0.2, -0.15) is 0 Å². The molecule has 0 aliphatic carbocycles. The summed E-state index contributed by atoms with van der Waals surface area (Å²) < 4.78 is 0. The van der Waals surface area contributed by atoms with Crippen molar-refractivity contribution in [1.29, 1.82) is 0 Å². The molecule has 2 heteroatoms. The standard InChI is InChI=1S/C16H20N2/c1-3-8-16-14(9-7-12-17-16)13-18(2)15-10-5-4-6-11-15/h4-7,9-12H,3,8,13H2,1-2H3. The number of rotatable bonds is 5. The van der Waals surface area contributed by atoms with Crippen molar-refractivity contribution in [2.24, 2.45) is 0 Å². The molecule has 2 aromatic rings. The van der Waals surface area contributed by atoms with Crippen molar-refractivity contribution in [2.75, 3.05) is 11.9 Å². The molecule has 2 nitrogen and oxygen atoms in total. The highest BCUT2D eigenvalue weighted by Gasteiger charge is 2.06. The smallest absolute Gasteiger partial charge is 0.0453 e. The fourth-order valence-corrected chi connectivity index (χ4v) is 2.11. The lowest BCUT2D eigenvalue weighted by molar-refractivity contribution is 0.830. The highest BCUT2D eigenvalue weighted by atomic mass is 15.1. The first kappa shape index (κ1) is 12.6. The Morgan fingerprint density at radius 2 is 1.83 bits per heavy atom. The van der Waals surface area contributed by atoms with Gasteiger partial charge in [0.25, 0.3) is 0 Å². The van der Waals surface area contributed by atoms with Crippen LogP contribution in [0.2, 0.25) is 0 Å². The lowest BCUT2D eigenvalue weighted by Crippen LogP contribution is -2.17. The summed E-state index contributed by atoms with van der Waals surface area (Å²) in [4.78, 5) is 6.75. The van der Waals surface area contributed by atoms with Crippen LogP contribution in [0.3, 0.4) is 0 Å². The van der Waals surface area contributed by atoms with Crippen molar-refractivity contribution >= 4 is 5.69 Å². The third kappa shape index (κ3) is 3.10. The van der Waals surface area contributed by atoms with E-state index in [1.54, 1.807) is 0 Å². The maximum absolute atomic E-state index is 4.49. The summed E-state index contributed by atoms with van der Waals surface area (Å²) in [5, 5.41) is 0. The molecular formula is C16H20N2. The zero-order chi connectivity index (χ0) is 12.8. The van der Waals surface area contributed by atoms with Crippen molar-refractivity contribution in [3.8, 4) is 0 Å². The fraction of sp³-hybridized carbons (Fsp3) is 0.312. The molecule has 0 bridgehead atoms. The fourth-order valence-electron chi connectivity index (χ4n) is 2.11. The number of hydrogen-bond acceptors (Lipinski definition) is 2. The van der Waals surface area contributed by atoms with Crippen LogP contribution in [0.25, 0.3) is 0 Å². The minimum absolute atomic E-state index is 0.910. The maximum atomic E-state index is 4.49. The van der Waals surface area contributed by atoms with Gasteiger partial charge in [-0.3, -0.25) is 4.98 Å². The van der Waals surface area contributed by atoms with E-state index in [4.69, 9.17) is 0 Å². The van der Waals surface area contributed by atoms with Crippen LogP contribution >= 0.6 is 0 Å². The SMILES string of the molecule is CCCc1ncccc1CN(C)c1ccccc1. The monoisotopic (exact) mass is 240 g/mol. The summed E-state index contributed by atoms with van der Waals surface area (Å²) in [6.07, 6.45) is 4.08. The number of para-hydroxylation sites is 1. The Hall–Kier alpha value is -1.83. The Balaban J connectivity index is 2.14. The summed E-state index contributed by atoms with van der Waals surface area (Å²) in [5.41, 5.74) is 3.79. The van der Waals surface area contributed by atoms with Crippen molar-refractivity contribution in [3.05, 3.63) is 59.9 Å². The molecule has 0 amide bonds. The molecule has 2 rings (SSSR count). The van der Waals surface area contributed by atoms with Gasteiger partial charge < -0.3 is 4.90 Å². The van der Waals surface area contributed by atoms with Crippen molar-refractivity contribution in [2.45, 2.75) is 26.3 Å². The lowest BCUT2D eigenvalue weighted by Gasteiger charge is -2.20. The molecule has 0 radical (unpaired) electrons. The van der Waals surface area contributed by atoms with Gasteiger partial charge in [0.05, 0.1) is 0 Å². The Morgan fingerprint density at radius 3 is 2.56 bits per heavy atom. The Labute approximate surface area is 109 Å². The molecule has 0 fully saturated rings. The molecular weight excluding hydrogens is 220 g/mol. The van der Waals surface area contributed by atoms with Gasteiger partial charge in [0, 0.05) is 31.2 Å². The minimum atomic E-state index is 0.910. The molecule has 0 aliphatic rings. The first-order valence-corrected chi connectivity index (χ1v) is 6.50. The Kier molecular flexibility index (Phi) is 4.35. The average molecular weight is 240 g/mol. The van der Waals surface area contributed by atoms with E-state index in [1.165, 1.54) is 16.9 Å². The topological polar surface area (TPSA) is 16.1 Å². The van der Waals surface area contributed by atoms with Gasteiger partial charge in [-0.1, -0.05) is 37.6 Å². The zero-order valence-corrected chi connectivity index (χ0v) is 11.1. The van der Waals surface area contributed by atoms with Crippen LogP contribution < -0.4 is 4.90 Å². The van der Waals surface area contributed by atoms with Crippen molar-refractivity contribution in [1.82, 2.24) is 4.98 Å². The summed E-state index contributed by atoms with van der Waals surface area (Å²) in [5.74, 6) is 0. The molecule has 1 heterocycles. The number of hydrogen-bond donors (Lipinski definition) is 0. The number of nitrogens with zero attached hydrogens (tertiary/aromatic N) is 2. The third-order valence-electron chi connectivity index (χ3n) is 3.08. The molecule has 1 aromatic carbocycles. The van der Waals surface area contributed by atoms with Crippen molar-refractivity contribution in [3.63, 3.8) is 0 Å². The normalized spacial score (nSPS) is 10.3. The Morgan fingerprint density at radius 1 is 1.06 bits per heavy atom. The summed E-state index contributed by atoms with van der Waals surface area (Å²) in [7, 11) is 2.12. The minimum Gasteiger partial charge on any atom is -0.370 e. The van der Waals surface area contributed by atoms with Crippen molar-refractivity contribution < 1.29 is 0 Å². The van der Waals surface area contributed by atoms with Gasteiger partial charge in [-0.15, -0.1) is 0 Å². The summed E-state index contributed by atoms with van der Waals surface area (Å²) in [6, 6.07) is 14.7. The van der Waals surface area contributed by atoms with Gasteiger partial charge >= 0.3 is 0 Å². The summed E-state index contributed by atoms with van der Waals surface area (Å²) in [6.45, 7) is 3.10. The molecule has 94 valence electrons. The zero-order valence-electron chi connectivity index (χ0n) is 11.1. The van der Waals surface area contributed by atoms with Crippen LogP contribution in [0.1, 0.15) is 24.6 Å². The largest absolute Gasteiger partial charge is 0.370 e. The second-order valence-corrected chi connectivity index (χ2v) is 4.55. The van der Waals surface area contributed by atoms with E-state index in [-0.39, 0.29) is 0 Å². The summed E-state index contributed by atoms with van der Waals surface area (Å²) >= 11 is 0. The van der Waals surface area contributed by atoms with Crippen LogP contribution in [0.15, 0.2) is 48.7 Å². The van der Waals surface area contributed by atoms with E-state index in [0.717, 1.165) is 19.4 Å². The number of aryl methyl sites for hydroxylation is 1. The second kappa shape index (κ2) is 6.20. The lowest BCUT2D eigenvalue weighted by atomic mass is 10.1. The van der Waals surface area contributed by atoms with Crippen LogP contribution in [-0.4, -0.2) is 12.0 Å². The number of pyridine rings is 1. The quantitative estimate of drug-likeness (QED) is 0.792. The van der Waals surface area contributed by atoms with Crippen LogP contribution in [0.4, 0.5) is 5.69 Å². The molecule has 18 heavy (non-hydrogen) atoms. The maximum Gasteiger partial charge on any atom is 0.0453 e. The second-order valence-electron chi connectivity index (χ2n) is 4.55. The molecule has 0 saturated carbocycles. The number of aromatic nitrogens is 1. The predicted molar refractivity (Wildman–Crippen MR) is 76.8 cm³/mol. The van der Waals surface area contributed by atoms with E-state index in [9.17, 15) is 0 Å². The van der Waals surface area contributed by atoms with E-state index < -0.39 is 0 Å². The molecule has 0 atom stereocenters. The number of anilines is 1. The first-order valence-electron chi connectivity index (χ1n) is 6.50. The van der Waals surface area contributed by atoms with Gasteiger partial charge in [0.2, 0.25) is 0 Å². The molecule has 0 spiro atoms. The van der Waals surface area contributed by atoms with Gasteiger partial charge in [0.1, 0.15) is 0 Å². The molecule has 0 saturated heterocycles. The van der Waals surface area contributed by atoms with Crippen LogP contribution in [0.5, 0.6) is 0 Å². The predicted octanol–water partition coefficient (Wildman–Crippen LogP) is 3.67. The first-order chi connectivity index (χ1) is 8.81. The van der Waals surface area contributed by atoms with Crippen LogP contribution in [-0.2, 0) is 13.0 Å². The third-order valence-corrected chi connectivity index (χ3v) is 3.08. The molecule has 0 N–H and O–H groups in total. The number of benzene rings is 1. The molecule has 0 aliphatic heterocycles.